The standard InChI is InChI=1S/C14H16Br3NO2/c1-9-3-2-4-18(7-9)13(19)8-20-14-11(16)5-10(15)6-12(14)17/h5-6,9H,2-4,7-8H2,1H3/t9-/m1/s1. The monoisotopic (exact) mass is 467 g/mol. The molecule has 0 aliphatic carbocycles. The number of piperidine rings is 1. The minimum atomic E-state index is 0.0540. The number of hydrogen-bond acceptors (Lipinski definition) is 2. The van der Waals surface area contributed by atoms with Gasteiger partial charge in [-0.15, -0.1) is 0 Å². The van der Waals surface area contributed by atoms with E-state index in [2.05, 4.69) is 54.7 Å². The second-order valence-electron chi connectivity index (χ2n) is 5.07. The van der Waals surface area contributed by atoms with Gasteiger partial charge in [-0.3, -0.25) is 4.79 Å². The maximum absolute atomic E-state index is 12.2. The van der Waals surface area contributed by atoms with Crippen molar-refractivity contribution in [1.29, 1.82) is 0 Å². The number of carbonyl (C=O) groups excluding carboxylic acids is 1. The van der Waals surface area contributed by atoms with Gasteiger partial charge < -0.3 is 9.64 Å². The van der Waals surface area contributed by atoms with Crippen molar-refractivity contribution in [2.45, 2.75) is 19.8 Å². The lowest BCUT2D eigenvalue weighted by Gasteiger charge is -2.30. The van der Waals surface area contributed by atoms with Crippen LogP contribution in [0.5, 0.6) is 5.75 Å². The average molecular weight is 470 g/mol. The average Bonchev–Trinajstić information content (AvgIpc) is 2.37. The van der Waals surface area contributed by atoms with Crippen LogP contribution >= 0.6 is 47.8 Å². The molecule has 6 heteroatoms. The molecular formula is C14H16Br3NO2. The van der Waals surface area contributed by atoms with Crippen molar-refractivity contribution in [3.8, 4) is 5.75 Å². The molecule has 1 fully saturated rings. The Labute approximate surface area is 144 Å². The number of benzene rings is 1. The number of halogens is 3. The van der Waals surface area contributed by atoms with E-state index in [4.69, 9.17) is 4.74 Å². The van der Waals surface area contributed by atoms with Crippen molar-refractivity contribution in [2.75, 3.05) is 19.7 Å². The van der Waals surface area contributed by atoms with Crippen LogP contribution in [-0.2, 0) is 4.79 Å². The number of amides is 1. The van der Waals surface area contributed by atoms with Gasteiger partial charge in [0.05, 0.1) is 8.95 Å². The molecule has 0 aromatic heterocycles. The summed E-state index contributed by atoms with van der Waals surface area (Å²) in [4.78, 5) is 14.1. The van der Waals surface area contributed by atoms with Crippen LogP contribution in [0.25, 0.3) is 0 Å². The summed E-state index contributed by atoms with van der Waals surface area (Å²) in [6.45, 7) is 3.94. The van der Waals surface area contributed by atoms with E-state index in [0.717, 1.165) is 32.9 Å². The van der Waals surface area contributed by atoms with Crippen LogP contribution in [0.2, 0.25) is 0 Å². The molecule has 0 spiro atoms. The lowest BCUT2D eigenvalue weighted by Crippen LogP contribution is -2.41. The Morgan fingerprint density at radius 2 is 2.00 bits per heavy atom. The van der Waals surface area contributed by atoms with E-state index in [-0.39, 0.29) is 12.5 Å². The molecule has 1 aromatic rings. The van der Waals surface area contributed by atoms with Crippen molar-refractivity contribution >= 4 is 53.7 Å². The number of likely N-dealkylation sites (tertiary alicyclic amines) is 1. The highest BCUT2D eigenvalue weighted by Gasteiger charge is 2.21. The predicted octanol–water partition coefficient (Wildman–Crippen LogP) is 4.61. The molecule has 1 saturated heterocycles. The summed E-state index contributed by atoms with van der Waals surface area (Å²) in [6.07, 6.45) is 2.28. The summed E-state index contributed by atoms with van der Waals surface area (Å²) in [6, 6.07) is 3.79. The number of hydrogen-bond donors (Lipinski definition) is 0. The first-order valence-corrected chi connectivity index (χ1v) is 8.90. The van der Waals surface area contributed by atoms with Crippen molar-refractivity contribution < 1.29 is 9.53 Å². The Bertz CT molecular complexity index is 484. The van der Waals surface area contributed by atoms with Gasteiger partial charge in [0.25, 0.3) is 5.91 Å². The van der Waals surface area contributed by atoms with E-state index >= 15 is 0 Å². The van der Waals surface area contributed by atoms with Gasteiger partial charge in [-0.2, -0.15) is 0 Å². The van der Waals surface area contributed by atoms with E-state index in [1.54, 1.807) is 0 Å². The third kappa shape index (κ3) is 4.21. The zero-order valence-corrected chi connectivity index (χ0v) is 15.9. The maximum atomic E-state index is 12.2. The molecule has 0 N–H and O–H groups in total. The van der Waals surface area contributed by atoms with E-state index in [1.165, 1.54) is 6.42 Å². The zero-order chi connectivity index (χ0) is 14.7. The quantitative estimate of drug-likeness (QED) is 0.647. The molecule has 1 heterocycles. The topological polar surface area (TPSA) is 29.5 Å². The summed E-state index contributed by atoms with van der Waals surface area (Å²) in [5.74, 6) is 1.30. The molecule has 0 saturated carbocycles. The van der Waals surface area contributed by atoms with Gasteiger partial charge in [0.15, 0.2) is 6.61 Å². The molecule has 2 rings (SSSR count). The van der Waals surface area contributed by atoms with Gasteiger partial charge in [-0.25, -0.2) is 0 Å². The van der Waals surface area contributed by atoms with Gasteiger partial charge in [0.1, 0.15) is 5.75 Å². The van der Waals surface area contributed by atoms with Crippen LogP contribution in [0.3, 0.4) is 0 Å². The first kappa shape index (κ1) is 16.3. The second kappa shape index (κ2) is 7.27. The van der Waals surface area contributed by atoms with E-state index in [9.17, 15) is 4.79 Å². The van der Waals surface area contributed by atoms with Crippen molar-refractivity contribution in [1.82, 2.24) is 4.90 Å². The Morgan fingerprint density at radius 3 is 2.60 bits per heavy atom. The Morgan fingerprint density at radius 1 is 1.35 bits per heavy atom. The zero-order valence-electron chi connectivity index (χ0n) is 11.2. The van der Waals surface area contributed by atoms with E-state index in [0.29, 0.717) is 11.7 Å². The molecule has 0 bridgehead atoms. The lowest BCUT2D eigenvalue weighted by atomic mass is 10.0. The number of nitrogens with zero attached hydrogens (tertiary/aromatic N) is 1. The Hall–Kier alpha value is -0.0700. The van der Waals surface area contributed by atoms with E-state index < -0.39 is 0 Å². The smallest absolute Gasteiger partial charge is 0.260 e. The largest absolute Gasteiger partial charge is 0.481 e. The van der Waals surface area contributed by atoms with Crippen molar-refractivity contribution in [3.05, 3.63) is 25.6 Å². The van der Waals surface area contributed by atoms with Crippen LogP contribution in [0, 0.1) is 5.92 Å². The molecular weight excluding hydrogens is 454 g/mol. The molecule has 1 aliphatic heterocycles. The Kier molecular flexibility index (Phi) is 5.93. The van der Waals surface area contributed by atoms with Gasteiger partial charge in [0.2, 0.25) is 0 Å². The molecule has 1 atom stereocenters. The van der Waals surface area contributed by atoms with Gasteiger partial charge in [0, 0.05) is 17.6 Å². The van der Waals surface area contributed by atoms with Crippen molar-refractivity contribution in [2.24, 2.45) is 5.92 Å². The number of rotatable bonds is 3. The minimum absolute atomic E-state index is 0.0540. The highest BCUT2D eigenvalue weighted by Crippen LogP contribution is 2.36. The predicted molar refractivity (Wildman–Crippen MR) is 90.0 cm³/mol. The molecule has 1 amide bonds. The molecule has 3 nitrogen and oxygen atoms in total. The molecule has 0 unspecified atom stereocenters. The van der Waals surface area contributed by atoms with Crippen LogP contribution in [0.1, 0.15) is 19.8 Å². The van der Waals surface area contributed by atoms with Crippen LogP contribution in [-0.4, -0.2) is 30.5 Å². The minimum Gasteiger partial charge on any atom is -0.481 e. The third-order valence-corrected chi connectivity index (χ3v) is 4.95. The summed E-state index contributed by atoms with van der Waals surface area (Å²) in [5.41, 5.74) is 0. The van der Waals surface area contributed by atoms with Crippen LogP contribution < -0.4 is 4.74 Å². The fraction of sp³-hybridized carbons (Fsp3) is 0.500. The second-order valence-corrected chi connectivity index (χ2v) is 7.70. The van der Waals surface area contributed by atoms with Crippen LogP contribution in [0.15, 0.2) is 25.6 Å². The Balaban J connectivity index is 1.96. The van der Waals surface area contributed by atoms with Gasteiger partial charge >= 0.3 is 0 Å². The normalized spacial score (nSPS) is 19.0. The first-order chi connectivity index (χ1) is 9.47. The molecule has 0 radical (unpaired) electrons. The fourth-order valence-corrected chi connectivity index (χ4v) is 4.80. The van der Waals surface area contributed by atoms with Crippen molar-refractivity contribution in [3.63, 3.8) is 0 Å². The van der Waals surface area contributed by atoms with Gasteiger partial charge in [-0.1, -0.05) is 22.9 Å². The fourth-order valence-electron chi connectivity index (χ4n) is 2.31. The maximum Gasteiger partial charge on any atom is 0.260 e. The summed E-state index contributed by atoms with van der Waals surface area (Å²) in [5, 5.41) is 0. The molecule has 1 aromatic carbocycles. The highest BCUT2D eigenvalue weighted by atomic mass is 79.9. The summed E-state index contributed by atoms with van der Waals surface area (Å²) >= 11 is 10.3. The molecule has 20 heavy (non-hydrogen) atoms. The lowest BCUT2D eigenvalue weighted by molar-refractivity contribution is -0.135. The third-order valence-electron chi connectivity index (χ3n) is 3.31. The molecule has 110 valence electrons. The van der Waals surface area contributed by atoms with Gasteiger partial charge in [-0.05, 0) is 62.8 Å². The number of ether oxygens (including phenoxy) is 1. The highest BCUT2D eigenvalue weighted by molar-refractivity contribution is 9.11. The van der Waals surface area contributed by atoms with Crippen LogP contribution in [0.4, 0.5) is 0 Å². The molecule has 1 aliphatic rings. The summed E-state index contributed by atoms with van der Waals surface area (Å²) < 4.78 is 8.25. The summed E-state index contributed by atoms with van der Waals surface area (Å²) in [7, 11) is 0. The SMILES string of the molecule is C[C@@H]1CCCN(C(=O)COc2c(Br)cc(Br)cc2Br)C1. The number of carbonyl (C=O) groups is 1. The van der Waals surface area contributed by atoms with E-state index in [1.807, 2.05) is 17.0 Å². The first-order valence-electron chi connectivity index (χ1n) is 6.52.